The summed E-state index contributed by atoms with van der Waals surface area (Å²) in [4.78, 5) is 12.9. The molecular formula is C22H27ClN2O3S. The van der Waals surface area contributed by atoms with Crippen molar-refractivity contribution in [1.29, 1.82) is 0 Å². The Balaban J connectivity index is 1.82. The van der Waals surface area contributed by atoms with Crippen molar-refractivity contribution >= 4 is 27.5 Å². The molecule has 0 aromatic heterocycles. The van der Waals surface area contributed by atoms with Gasteiger partial charge in [0.05, 0.1) is 21.5 Å². The molecule has 0 radical (unpaired) electrons. The zero-order valence-electron chi connectivity index (χ0n) is 16.8. The number of benzene rings is 2. The highest BCUT2D eigenvalue weighted by Crippen LogP contribution is 2.25. The Morgan fingerprint density at radius 3 is 2.28 bits per heavy atom. The van der Waals surface area contributed by atoms with E-state index in [0.717, 1.165) is 36.8 Å². The van der Waals surface area contributed by atoms with Gasteiger partial charge >= 0.3 is 0 Å². The molecular weight excluding hydrogens is 408 g/mol. The molecule has 29 heavy (non-hydrogen) atoms. The highest BCUT2D eigenvalue weighted by molar-refractivity contribution is 7.89. The van der Waals surface area contributed by atoms with Gasteiger partial charge in [0.15, 0.2) is 0 Å². The summed E-state index contributed by atoms with van der Waals surface area (Å²) in [6, 6.07) is 12.0. The third kappa shape index (κ3) is 5.18. The maximum atomic E-state index is 13.1. The molecule has 1 heterocycles. The lowest BCUT2D eigenvalue weighted by Crippen LogP contribution is -2.32. The van der Waals surface area contributed by atoms with Gasteiger partial charge in [0.1, 0.15) is 0 Å². The minimum Gasteiger partial charge on any atom is -0.345 e. The van der Waals surface area contributed by atoms with Gasteiger partial charge in [0.2, 0.25) is 10.0 Å². The Hall–Kier alpha value is -1.89. The Morgan fingerprint density at radius 1 is 1.03 bits per heavy atom. The van der Waals surface area contributed by atoms with Gasteiger partial charge in [-0.15, -0.1) is 0 Å². The second-order valence-corrected chi connectivity index (χ2v) is 9.91. The molecule has 1 atom stereocenters. The van der Waals surface area contributed by atoms with Crippen LogP contribution in [0.5, 0.6) is 0 Å². The molecule has 2 aromatic rings. The predicted molar refractivity (Wildman–Crippen MR) is 116 cm³/mol. The van der Waals surface area contributed by atoms with Crippen LogP contribution in [0.1, 0.15) is 60.1 Å². The van der Waals surface area contributed by atoms with E-state index in [-0.39, 0.29) is 21.5 Å². The summed E-state index contributed by atoms with van der Waals surface area (Å²) < 4.78 is 27.6. The maximum absolute atomic E-state index is 13.1. The third-order valence-corrected chi connectivity index (χ3v) is 7.53. The number of nitrogens with zero attached hydrogens (tertiary/aromatic N) is 1. The second-order valence-electron chi connectivity index (χ2n) is 7.57. The zero-order valence-corrected chi connectivity index (χ0v) is 18.4. The first kappa shape index (κ1) is 21.8. The fourth-order valence-electron chi connectivity index (χ4n) is 3.48. The van der Waals surface area contributed by atoms with E-state index in [2.05, 4.69) is 5.32 Å². The largest absolute Gasteiger partial charge is 0.345 e. The Morgan fingerprint density at radius 2 is 1.66 bits per heavy atom. The first-order valence-corrected chi connectivity index (χ1v) is 11.8. The van der Waals surface area contributed by atoms with E-state index in [9.17, 15) is 13.2 Å². The average molecular weight is 435 g/mol. The molecule has 1 aliphatic heterocycles. The van der Waals surface area contributed by atoms with E-state index in [0.29, 0.717) is 13.1 Å². The average Bonchev–Trinajstić information content (AvgIpc) is 2.98. The van der Waals surface area contributed by atoms with Gasteiger partial charge in [-0.1, -0.05) is 54.3 Å². The summed E-state index contributed by atoms with van der Waals surface area (Å²) in [5.74, 6) is -0.393. The molecule has 1 fully saturated rings. The van der Waals surface area contributed by atoms with E-state index in [1.165, 1.54) is 22.5 Å². The quantitative estimate of drug-likeness (QED) is 0.741. The van der Waals surface area contributed by atoms with Crippen LogP contribution in [-0.2, 0) is 10.0 Å². The number of rotatable bonds is 5. The summed E-state index contributed by atoms with van der Waals surface area (Å²) in [6.07, 6.45) is 3.79. The monoisotopic (exact) mass is 434 g/mol. The number of nitrogens with one attached hydrogen (secondary N) is 1. The van der Waals surface area contributed by atoms with Gasteiger partial charge in [-0.3, -0.25) is 4.79 Å². The van der Waals surface area contributed by atoms with Gasteiger partial charge in [-0.05, 0) is 50.5 Å². The van der Waals surface area contributed by atoms with Crippen molar-refractivity contribution in [2.24, 2.45) is 0 Å². The number of hydrogen-bond acceptors (Lipinski definition) is 3. The predicted octanol–water partition coefficient (Wildman–Crippen LogP) is 4.70. The maximum Gasteiger partial charge on any atom is 0.253 e. The molecule has 0 bridgehead atoms. The zero-order chi connectivity index (χ0) is 21.0. The molecule has 0 aliphatic carbocycles. The first-order valence-electron chi connectivity index (χ1n) is 9.96. The Labute approximate surface area is 178 Å². The van der Waals surface area contributed by atoms with Crippen LogP contribution in [-0.4, -0.2) is 31.7 Å². The van der Waals surface area contributed by atoms with Gasteiger partial charge in [0.25, 0.3) is 5.91 Å². The van der Waals surface area contributed by atoms with E-state index >= 15 is 0 Å². The number of carbonyl (C=O) groups excluding carboxylic acids is 1. The van der Waals surface area contributed by atoms with E-state index in [1.54, 1.807) is 0 Å². The molecule has 1 amide bonds. The van der Waals surface area contributed by atoms with Crippen molar-refractivity contribution in [1.82, 2.24) is 9.62 Å². The van der Waals surface area contributed by atoms with E-state index < -0.39 is 15.9 Å². The smallest absolute Gasteiger partial charge is 0.253 e. The fourth-order valence-corrected chi connectivity index (χ4v) is 5.23. The van der Waals surface area contributed by atoms with Crippen molar-refractivity contribution in [3.63, 3.8) is 0 Å². The molecule has 1 saturated heterocycles. The highest BCUT2D eigenvalue weighted by atomic mass is 35.5. The van der Waals surface area contributed by atoms with Crippen LogP contribution in [0, 0.1) is 6.92 Å². The topological polar surface area (TPSA) is 66.5 Å². The highest BCUT2D eigenvalue weighted by Gasteiger charge is 2.27. The SMILES string of the molecule is Cc1ccc([C@H](C)NC(=O)c2cc(S(=O)(=O)N3CCCCCC3)ccc2Cl)cc1. The van der Waals surface area contributed by atoms with E-state index in [1.807, 2.05) is 38.1 Å². The molecule has 2 aromatic carbocycles. The number of amides is 1. The standard InChI is InChI=1S/C22H27ClN2O3S/c1-16-7-9-18(10-8-16)17(2)24-22(26)20-15-19(11-12-21(20)23)29(27,28)25-13-5-3-4-6-14-25/h7-12,15,17H,3-6,13-14H2,1-2H3,(H,24,26)/t17-/m0/s1. The van der Waals surface area contributed by atoms with Crippen LogP contribution < -0.4 is 5.32 Å². The Kier molecular flexibility index (Phi) is 6.98. The van der Waals surface area contributed by atoms with Crippen LogP contribution in [0.15, 0.2) is 47.4 Å². The van der Waals surface area contributed by atoms with Gasteiger partial charge < -0.3 is 5.32 Å². The molecule has 1 N–H and O–H groups in total. The fraction of sp³-hybridized carbons (Fsp3) is 0.409. The third-order valence-electron chi connectivity index (χ3n) is 5.31. The van der Waals surface area contributed by atoms with Crippen molar-refractivity contribution in [2.75, 3.05) is 13.1 Å². The van der Waals surface area contributed by atoms with Crippen molar-refractivity contribution in [3.8, 4) is 0 Å². The summed E-state index contributed by atoms with van der Waals surface area (Å²) >= 11 is 6.23. The minimum absolute atomic E-state index is 0.108. The van der Waals surface area contributed by atoms with Crippen molar-refractivity contribution < 1.29 is 13.2 Å². The van der Waals surface area contributed by atoms with Crippen molar-refractivity contribution in [3.05, 3.63) is 64.2 Å². The lowest BCUT2D eigenvalue weighted by atomic mass is 10.1. The van der Waals surface area contributed by atoms with Crippen LogP contribution in [0.3, 0.4) is 0 Å². The molecule has 0 spiro atoms. The number of carbonyl (C=O) groups is 1. The van der Waals surface area contributed by atoms with E-state index in [4.69, 9.17) is 11.6 Å². The van der Waals surface area contributed by atoms with Crippen LogP contribution in [0.2, 0.25) is 5.02 Å². The number of sulfonamides is 1. The van der Waals surface area contributed by atoms with Gasteiger partial charge in [-0.2, -0.15) is 4.31 Å². The lowest BCUT2D eigenvalue weighted by molar-refractivity contribution is 0.0940. The number of halogens is 1. The van der Waals surface area contributed by atoms with Crippen LogP contribution >= 0.6 is 11.6 Å². The molecule has 0 saturated carbocycles. The van der Waals surface area contributed by atoms with Crippen molar-refractivity contribution in [2.45, 2.75) is 50.5 Å². The Bertz CT molecular complexity index is 966. The minimum atomic E-state index is -3.65. The molecule has 5 nitrogen and oxygen atoms in total. The lowest BCUT2D eigenvalue weighted by Gasteiger charge is -2.21. The summed E-state index contributed by atoms with van der Waals surface area (Å²) in [7, 11) is -3.65. The number of hydrogen-bond donors (Lipinski definition) is 1. The van der Waals surface area contributed by atoms with Crippen LogP contribution in [0.4, 0.5) is 0 Å². The number of aryl methyl sites for hydroxylation is 1. The molecule has 156 valence electrons. The first-order chi connectivity index (χ1) is 13.8. The van der Waals surface area contributed by atoms with Gasteiger partial charge in [0, 0.05) is 13.1 Å². The molecule has 3 rings (SSSR count). The molecule has 7 heteroatoms. The normalized spacial score (nSPS) is 16.8. The summed E-state index contributed by atoms with van der Waals surface area (Å²) in [6.45, 7) is 4.91. The summed E-state index contributed by atoms with van der Waals surface area (Å²) in [5, 5.41) is 3.14. The summed E-state index contributed by atoms with van der Waals surface area (Å²) in [5.41, 5.74) is 2.27. The molecule has 1 aliphatic rings. The van der Waals surface area contributed by atoms with Crippen LogP contribution in [0.25, 0.3) is 0 Å². The second kappa shape index (κ2) is 9.28. The molecule has 0 unspecified atom stereocenters. The van der Waals surface area contributed by atoms with Gasteiger partial charge in [-0.25, -0.2) is 8.42 Å².